The minimum Gasteiger partial charge on any atom is -0.384 e. The summed E-state index contributed by atoms with van der Waals surface area (Å²) in [4.78, 5) is 11.3. The van der Waals surface area contributed by atoms with E-state index in [-0.39, 0.29) is 5.78 Å². The minimum absolute atomic E-state index is 0.0664. The standard InChI is InChI=1S/C10H14O2/c1-7(2)10(12)8-5-3-4-6-9(8)11/h5,10,12H,1,3-4,6H2,2H3. The third-order valence-electron chi connectivity index (χ3n) is 2.06. The van der Waals surface area contributed by atoms with Crippen molar-refractivity contribution in [1.82, 2.24) is 0 Å². The maximum Gasteiger partial charge on any atom is 0.161 e. The van der Waals surface area contributed by atoms with Gasteiger partial charge in [-0.15, -0.1) is 0 Å². The van der Waals surface area contributed by atoms with Crippen molar-refractivity contribution in [1.29, 1.82) is 0 Å². The number of rotatable bonds is 2. The summed E-state index contributed by atoms with van der Waals surface area (Å²) in [5, 5.41) is 9.53. The molecule has 2 nitrogen and oxygen atoms in total. The Balaban J connectivity index is 2.78. The van der Waals surface area contributed by atoms with E-state index in [4.69, 9.17) is 0 Å². The van der Waals surface area contributed by atoms with Crippen LogP contribution >= 0.6 is 0 Å². The first-order valence-corrected chi connectivity index (χ1v) is 4.19. The van der Waals surface area contributed by atoms with Gasteiger partial charge in [0.05, 0.1) is 0 Å². The smallest absolute Gasteiger partial charge is 0.161 e. The maximum atomic E-state index is 11.3. The number of aliphatic hydroxyl groups excluding tert-OH is 1. The number of Topliss-reactive ketones (excluding diaryl/α,β-unsaturated/α-hetero) is 1. The Kier molecular flexibility index (Phi) is 2.82. The van der Waals surface area contributed by atoms with Crippen LogP contribution in [0, 0.1) is 0 Å². The fourth-order valence-electron chi connectivity index (χ4n) is 1.31. The number of aliphatic hydroxyl groups is 1. The van der Waals surface area contributed by atoms with Crippen LogP contribution < -0.4 is 0 Å². The fraction of sp³-hybridized carbons (Fsp3) is 0.500. The highest BCUT2D eigenvalue weighted by Gasteiger charge is 2.20. The second-order valence-electron chi connectivity index (χ2n) is 3.22. The number of carbonyl (C=O) groups is 1. The molecule has 1 aliphatic carbocycles. The van der Waals surface area contributed by atoms with Crippen molar-refractivity contribution in [3.05, 3.63) is 23.8 Å². The van der Waals surface area contributed by atoms with E-state index in [1.165, 1.54) is 0 Å². The van der Waals surface area contributed by atoms with Gasteiger partial charge in [0.2, 0.25) is 0 Å². The molecule has 0 heterocycles. The molecule has 0 saturated carbocycles. The average Bonchev–Trinajstić information content (AvgIpc) is 2.04. The molecule has 0 amide bonds. The molecule has 0 saturated heterocycles. The number of carbonyl (C=O) groups excluding carboxylic acids is 1. The second-order valence-corrected chi connectivity index (χ2v) is 3.22. The monoisotopic (exact) mass is 166 g/mol. The van der Waals surface area contributed by atoms with Crippen LogP contribution in [0.2, 0.25) is 0 Å². The lowest BCUT2D eigenvalue weighted by Gasteiger charge is -2.17. The predicted molar refractivity (Wildman–Crippen MR) is 47.8 cm³/mol. The molecule has 1 aliphatic rings. The van der Waals surface area contributed by atoms with Crippen LogP contribution in [0.1, 0.15) is 26.2 Å². The first kappa shape index (κ1) is 9.20. The van der Waals surface area contributed by atoms with Crippen LogP contribution in [0.25, 0.3) is 0 Å². The lowest BCUT2D eigenvalue weighted by molar-refractivity contribution is -0.116. The predicted octanol–water partition coefficient (Wildman–Crippen LogP) is 1.60. The van der Waals surface area contributed by atoms with Crippen LogP contribution in [-0.4, -0.2) is 17.0 Å². The van der Waals surface area contributed by atoms with Gasteiger partial charge in [0.1, 0.15) is 6.10 Å². The molecule has 12 heavy (non-hydrogen) atoms. The molecule has 2 heteroatoms. The third kappa shape index (κ3) is 1.83. The van der Waals surface area contributed by atoms with Gasteiger partial charge >= 0.3 is 0 Å². The highest BCUT2D eigenvalue weighted by atomic mass is 16.3. The van der Waals surface area contributed by atoms with Crippen LogP contribution in [0.15, 0.2) is 23.8 Å². The summed E-state index contributed by atoms with van der Waals surface area (Å²) in [5.41, 5.74) is 1.17. The highest BCUT2D eigenvalue weighted by molar-refractivity contribution is 5.97. The number of ketones is 1. The van der Waals surface area contributed by atoms with Crippen molar-refractivity contribution in [2.24, 2.45) is 0 Å². The van der Waals surface area contributed by atoms with Gasteiger partial charge in [0, 0.05) is 12.0 Å². The van der Waals surface area contributed by atoms with E-state index >= 15 is 0 Å². The lowest BCUT2D eigenvalue weighted by Crippen LogP contribution is -2.20. The number of hydrogen-bond acceptors (Lipinski definition) is 2. The summed E-state index contributed by atoms with van der Waals surface area (Å²) in [6.07, 6.45) is 3.44. The fourth-order valence-corrected chi connectivity index (χ4v) is 1.31. The average molecular weight is 166 g/mol. The molecule has 66 valence electrons. The Bertz CT molecular complexity index is 238. The molecule has 0 aliphatic heterocycles. The highest BCUT2D eigenvalue weighted by Crippen LogP contribution is 2.20. The number of hydrogen-bond donors (Lipinski definition) is 1. The van der Waals surface area contributed by atoms with Gasteiger partial charge in [-0.1, -0.05) is 12.7 Å². The van der Waals surface area contributed by atoms with E-state index in [0.29, 0.717) is 17.6 Å². The van der Waals surface area contributed by atoms with E-state index in [2.05, 4.69) is 6.58 Å². The van der Waals surface area contributed by atoms with Gasteiger partial charge in [-0.2, -0.15) is 0 Å². The molecule has 0 spiro atoms. The van der Waals surface area contributed by atoms with Gasteiger partial charge in [0.25, 0.3) is 0 Å². The van der Waals surface area contributed by atoms with Gasteiger partial charge in [0.15, 0.2) is 5.78 Å². The topological polar surface area (TPSA) is 37.3 Å². The van der Waals surface area contributed by atoms with Crippen LogP contribution in [0.4, 0.5) is 0 Å². The van der Waals surface area contributed by atoms with Gasteiger partial charge in [-0.05, 0) is 25.3 Å². The molecule has 0 aromatic heterocycles. The zero-order chi connectivity index (χ0) is 9.14. The summed E-state index contributed by atoms with van der Waals surface area (Å²) >= 11 is 0. The minimum atomic E-state index is -0.752. The molecule has 1 unspecified atom stereocenters. The molecule has 1 rings (SSSR count). The van der Waals surface area contributed by atoms with E-state index < -0.39 is 6.10 Å². The number of allylic oxidation sites excluding steroid dienone is 1. The zero-order valence-electron chi connectivity index (χ0n) is 7.34. The van der Waals surface area contributed by atoms with Gasteiger partial charge in [-0.25, -0.2) is 0 Å². The van der Waals surface area contributed by atoms with E-state index in [1.54, 1.807) is 6.92 Å². The molecule has 1 atom stereocenters. The molecular formula is C10H14O2. The van der Waals surface area contributed by atoms with Crippen molar-refractivity contribution < 1.29 is 9.90 Å². The van der Waals surface area contributed by atoms with Crippen LogP contribution in [-0.2, 0) is 4.79 Å². The SMILES string of the molecule is C=C(C)C(O)C1=CCCCC1=O. The lowest BCUT2D eigenvalue weighted by atomic mass is 9.91. The summed E-state index contributed by atoms with van der Waals surface area (Å²) in [6.45, 7) is 5.35. The molecule has 0 aromatic carbocycles. The summed E-state index contributed by atoms with van der Waals surface area (Å²) in [7, 11) is 0. The van der Waals surface area contributed by atoms with E-state index in [0.717, 1.165) is 12.8 Å². The molecule has 0 bridgehead atoms. The Labute approximate surface area is 72.6 Å². The van der Waals surface area contributed by atoms with Crippen LogP contribution in [0.5, 0.6) is 0 Å². The quantitative estimate of drug-likeness (QED) is 0.633. The molecule has 0 fully saturated rings. The van der Waals surface area contributed by atoms with Crippen molar-refractivity contribution >= 4 is 5.78 Å². The largest absolute Gasteiger partial charge is 0.384 e. The Morgan fingerprint density at radius 2 is 2.42 bits per heavy atom. The van der Waals surface area contributed by atoms with Crippen molar-refractivity contribution in [3.63, 3.8) is 0 Å². The second kappa shape index (κ2) is 3.68. The Morgan fingerprint density at radius 3 is 2.92 bits per heavy atom. The van der Waals surface area contributed by atoms with E-state index in [1.807, 2.05) is 6.08 Å². The first-order valence-electron chi connectivity index (χ1n) is 4.19. The molecule has 0 radical (unpaired) electrons. The van der Waals surface area contributed by atoms with Crippen LogP contribution in [0.3, 0.4) is 0 Å². The van der Waals surface area contributed by atoms with Gasteiger partial charge in [-0.3, -0.25) is 4.79 Å². The third-order valence-corrected chi connectivity index (χ3v) is 2.06. The van der Waals surface area contributed by atoms with Crippen molar-refractivity contribution in [3.8, 4) is 0 Å². The van der Waals surface area contributed by atoms with Crippen molar-refractivity contribution in [2.75, 3.05) is 0 Å². The molecule has 1 N–H and O–H groups in total. The Morgan fingerprint density at radius 1 is 1.75 bits per heavy atom. The first-order chi connectivity index (χ1) is 5.63. The molecular weight excluding hydrogens is 152 g/mol. The zero-order valence-corrected chi connectivity index (χ0v) is 7.34. The van der Waals surface area contributed by atoms with E-state index in [9.17, 15) is 9.90 Å². The normalized spacial score (nSPS) is 20.2. The van der Waals surface area contributed by atoms with Gasteiger partial charge < -0.3 is 5.11 Å². The summed E-state index contributed by atoms with van der Waals surface area (Å²) < 4.78 is 0. The molecule has 0 aromatic rings. The maximum absolute atomic E-state index is 11.3. The Hall–Kier alpha value is -0.890. The summed E-state index contributed by atoms with van der Waals surface area (Å²) in [6, 6.07) is 0. The van der Waals surface area contributed by atoms with Crippen molar-refractivity contribution in [2.45, 2.75) is 32.3 Å². The summed E-state index contributed by atoms with van der Waals surface area (Å²) in [5.74, 6) is 0.0664.